The number of benzene rings is 1. The van der Waals surface area contributed by atoms with Gasteiger partial charge in [0.15, 0.2) is 0 Å². The summed E-state index contributed by atoms with van der Waals surface area (Å²) < 4.78 is 38.8. The minimum Gasteiger partial charge on any atom is -0.442 e. The minimum atomic E-state index is -3.74. The number of nitrogens with zero attached hydrogens (tertiary/aromatic N) is 3. The summed E-state index contributed by atoms with van der Waals surface area (Å²) in [7, 11) is -3.74. The Kier molecular flexibility index (Phi) is 4.82. The molecule has 2 heterocycles. The zero-order chi connectivity index (χ0) is 22.9. The Hall–Kier alpha value is -2.33. The van der Waals surface area contributed by atoms with Crippen LogP contribution in [-0.2, 0) is 19.5 Å². The van der Waals surface area contributed by atoms with E-state index in [0.29, 0.717) is 6.42 Å². The SMILES string of the molecule is CC(C)(C)OC(=O)N1C2CC(C3C2N3S(=O)(=O)c2ccccc2)N1C(=O)OC(C)(C)C. The van der Waals surface area contributed by atoms with Crippen LogP contribution in [-0.4, -0.2) is 70.3 Å². The van der Waals surface area contributed by atoms with Crippen LogP contribution < -0.4 is 0 Å². The highest BCUT2D eigenvalue weighted by Gasteiger charge is 2.76. The third-order valence-electron chi connectivity index (χ3n) is 5.46. The van der Waals surface area contributed by atoms with E-state index in [0.717, 1.165) is 0 Å². The number of hydrazine groups is 1. The van der Waals surface area contributed by atoms with Gasteiger partial charge < -0.3 is 9.47 Å². The lowest BCUT2D eigenvalue weighted by molar-refractivity contribution is -0.0697. The smallest absolute Gasteiger partial charge is 0.429 e. The van der Waals surface area contributed by atoms with Crippen molar-refractivity contribution in [1.82, 2.24) is 14.3 Å². The Morgan fingerprint density at radius 2 is 1.26 bits per heavy atom. The molecule has 2 saturated heterocycles. The molecule has 0 spiro atoms. The number of amides is 2. The predicted molar refractivity (Wildman–Crippen MR) is 111 cm³/mol. The van der Waals surface area contributed by atoms with Gasteiger partial charge in [-0.1, -0.05) is 18.2 Å². The van der Waals surface area contributed by atoms with Gasteiger partial charge in [-0.05, 0) is 60.1 Å². The average Bonchev–Trinajstić information content (AvgIpc) is 3.14. The quantitative estimate of drug-likeness (QED) is 0.642. The normalized spacial score (nSPS) is 29.5. The largest absolute Gasteiger partial charge is 0.442 e. The second kappa shape index (κ2) is 6.83. The van der Waals surface area contributed by atoms with Crippen molar-refractivity contribution >= 4 is 22.2 Å². The van der Waals surface area contributed by atoms with E-state index in [2.05, 4.69) is 0 Å². The Morgan fingerprint density at radius 3 is 1.65 bits per heavy atom. The zero-order valence-electron chi connectivity index (χ0n) is 18.6. The van der Waals surface area contributed by atoms with Crippen LogP contribution in [0.1, 0.15) is 48.0 Å². The molecule has 2 bridgehead atoms. The summed E-state index contributed by atoms with van der Waals surface area (Å²) in [6.45, 7) is 10.4. The maximum Gasteiger partial charge on any atom is 0.429 e. The van der Waals surface area contributed by atoms with Crippen molar-refractivity contribution in [2.45, 2.75) is 88.2 Å². The molecule has 1 aromatic rings. The summed E-state index contributed by atoms with van der Waals surface area (Å²) in [5.41, 5.74) is -1.53. The van der Waals surface area contributed by atoms with Crippen LogP contribution in [0.25, 0.3) is 0 Å². The Bertz CT molecular complexity index is 952. The van der Waals surface area contributed by atoms with E-state index in [4.69, 9.17) is 9.47 Å². The molecule has 31 heavy (non-hydrogen) atoms. The maximum atomic E-state index is 13.2. The molecule has 10 heteroatoms. The molecule has 9 nitrogen and oxygen atoms in total. The summed E-state index contributed by atoms with van der Waals surface area (Å²) in [4.78, 5) is 26.2. The molecule has 3 aliphatic rings. The fourth-order valence-electron chi connectivity index (χ4n) is 4.47. The van der Waals surface area contributed by atoms with Crippen LogP contribution in [0.2, 0.25) is 0 Å². The number of hydrogen-bond donors (Lipinski definition) is 0. The number of fused-ring (bicyclic) bond motifs is 5. The van der Waals surface area contributed by atoms with Gasteiger partial charge in [0.1, 0.15) is 11.2 Å². The molecule has 1 aromatic carbocycles. The topological polar surface area (TPSA) is 96.2 Å². The molecule has 3 fully saturated rings. The first-order chi connectivity index (χ1) is 14.2. The third-order valence-corrected chi connectivity index (χ3v) is 7.37. The summed E-state index contributed by atoms with van der Waals surface area (Å²) >= 11 is 0. The maximum absolute atomic E-state index is 13.2. The van der Waals surface area contributed by atoms with E-state index in [1.54, 1.807) is 71.9 Å². The minimum absolute atomic E-state index is 0.191. The average molecular weight is 452 g/mol. The van der Waals surface area contributed by atoms with E-state index in [1.807, 2.05) is 0 Å². The van der Waals surface area contributed by atoms with Crippen molar-refractivity contribution in [3.63, 3.8) is 0 Å². The number of sulfonamides is 1. The van der Waals surface area contributed by atoms with Gasteiger partial charge in [-0.25, -0.2) is 28.0 Å². The van der Waals surface area contributed by atoms with Gasteiger partial charge in [-0.3, -0.25) is 0 Å². The van der Waals surface area contributed by atoms with Gasteiger partial charge >= 0.3 is 12.2 Å². The van der Waals surface area contributed by atoms with Gasteiger partial charge in [-0.15, -0.1) is 0 Å². The van der Waals surface area contributed by atoms with Gasteiger partial charge in [0.25, 0.3) is 0 Å². The van der Waals surface area contributed by atoms with E-state index in [9.17, 15) is 18.0 Å². The molecule has 4 unspecified atom stereocenters. The summed E-state index contributed by atoms with van der Waals surface area (Å²) in [6, 6.07) is 6.42. The number of carbonyl (C=O) groups excluding carboxylic acids is 2. The molecule has 0 radical (unpaired) electrons. The van der Waals surface area contributed by atoms with Crippen LogP contribution in [0.3, 0.4) is 0 Å². The van der Waals surface area contributed by atoms with Crippen LogP contribution >= 0.6 is 0 Å². The third kappa shape index (κ3) is 3.76. The molecule has 0 N–H and O–H groups in total. The fourth-order valence-corrected chi connectivity index (χ4v) is 6.34. The molecule has 0 aromatic heterocycles. The van der Waals surface area contributed by atoms with E-state index >= 15 is 0 Å². The van der Waals surface area contributed by atoms with Crippen LogP contribution in [0.15, 0.2) is 35.2 Å². The standard InChI is InChI=1S/C21H29N3O6S/c1-20(2,3)29-18(25)22-14-12-15(23(22)19(26)30-21(4,5)6)17-16(14)24(17)31(27,28)13-10-8-7-9-11-13/h7-11,14-17H,12H2,1-6H3. The number of carbonyl (C=O) groups is 2. The Labute approximate surface area is 182 Å². The molecule has 1 aliphatic carbocycles. The summed E-state index contributed by atoms with van der Waals surface area (Å²) in [5, 5.41) is 2.51. The Morgan fingerprint density at radius 1 is 0.839 bits per heavy atom. The molecule has 4 rings (SSSR count). The highest BCUT2D eigenvalue weighted by molar-refractivity contribution is 7.89. The van der Waals surface area contributed by atoms with Crippen LogP contribution in [0.5, 0.6) is 0 Å². The van der Waals surface area contributed by atoms with Gasteiger partial charge in [0, 0.05) is 0 Å². The molecular weight excluding hydrogens is 422 g/mol. The van der Waals surface area contributed by atoms with Crippen molar-refractivity contribution in [3.8, 4) is 0 Å². The second-order valence-electron chi connectivity index (χ2n) is 10.1. The fraction of sp³-hybridized carbons (Fsp3) is 0.619. The van der Waals surface area contributed by atoms with Crippen LogP contribution in [0, 0.1) is 0 Å². The first-order valence-electron chi connectivity index (χ1n) is 10.4. The number of ether oxygens (including phenoxy) is 2. The zero-order valence-corrected chi connectivity index (χ0v) is 19.4. The first kappa shape index (κ1) is 21.9. The van der Waals surface area contributed by atoms with Crippen molar-refractivity contribution < 1.29 is 27.5 Å². The molecule has 2 amide bonds. The van der Waals surface area contributed by atoms with Crippen molar-refractivity contribution in [2.24, 2.45) is 0 Å². The Balaban J connectivity index is 1.66. The molecular formula is C21H29N3O6S. The lowest BCUT2D eigenvalue weighted by Crippen LogP contribution is -2.57. The number of piperidine rings is 1. The monoisotopic (exact) mass is 451 g/mol. The van der Waals surface area contributed by atoms with Gasteiger partial charge in [0.2, 0.25) is 10.0 Å². The van der Waals surface area contributed by atoms with Gasteiger partial charge in [0.05, 0.1) is 29.1 Å². The van der Waals surface area contributed by atoms with Crippen molar-refractivity contribution in [2.75, 3.05) is 0 Å². The highest BCUT2D eigenvalue weighted by atomic mass is 32.2. The summed E-state index contributed by atoms with van der Waals surface area (Å²) in [6.07, 6.45) is -0.893. The second-order valence-corrected chi connectivity index (χ2v) is 12.0. The molecule has 1 saturated carbocycles. The van der Waals surface area contributed by atoms with E-state index < -0.39 is 45.5 Å². The predicted octanol–water partition coefficient (Wildman–Crippen LogP) is 2.97. The number of rotatable bonds is 2. The van der Waals surface area contributed by atoms with E-state index in [1.165, 1.54) is 14.3 Å². The van der Waals surface area contributed by atoms with Crippen LogP contribution in [0.4, 0.5) is 9.59 Å². The lowest BCUT2D eigenvalue weighted by Gasteiger charge is -2.37. The van der Waals surface area contributed by atoms with E-state index in [-0.39, 0.29) is 17.0 Å². The van der Waals surface area contributed by atoms with Gasteiger partial charge in [-0.2, -0.15) is 4.31 Å². The molecule has 2 aliphatic heterocycles. The summed E-state index contributed by atoms with van der Waals surface area (Å²) in [5.74, 6) is 0. The highest BCUT2D eigenvalue weighted by Crippen LogP contribution is 2.55. The van der Waals surface area contributed by atoms with Crippen molar-refractivity contribution in [1.29, 1.82) is 0 Å². The first-order valence-corrected chi connectivity index (χ1v) is 11.8. The molecule has 4 atom stereocenters. The van der Waals surface area contributed by atoms with Crippen molar-refractivity contribution in [3.05, 3.63) is 30.3 Å². The lowest BCUT2D eigenvalue weighted by atomic mass is 10.2. The molecule has 170 valence electrons. The number of hydrogen-bond acceptors (Lipinski definition) is 6.